The van der Waals surface area contributed by atoms with Crippen LogP contribution >= 0.6 is 0 Å². The summed E-state index contributed by atoms with van der Waals surface area (Å²) in [6.07, 6.45) is 3.90. The van der Waals surface area contributed by atoms with Gasteiger partial charge in [-0.1, -0.05) is 6.07 Å². The van der Waals surface area contributed by atoms with E-state index in [9.17, 15) is 13.2 Å². The van der Waals surface area contributed by atoms with E-state index in [0.29, 0.717) is 18.7 Å². The van der Waals surface area contributed by atoms with Crippen LogP contribution in [0, 0.1) is 0 Å². The summed E-state index contributed by atoms with van der Waals surface area (Å²) in [5.74, 6) is -0.255. The van der Waals surface area contributed by atoms with Crippen LogP contribution in [-0.4, -0.2) is 72.0 Å². The second-order valence-corrected chi connectivity index (χ2v) is 7.73. The Bertz CT molecular complexity index is 837. The van der Waals surface area contributed by atoms with Crippen molar-refractivity contribution >= 4 is 15.9 Å². The fourth-order valence-electron chi connectivity index (χ4n) is 2.57. The number of rotatable bonds is 5. The van der Waals surface area contributed by atoms with Crippen molar-refractivity contribution in [3.63, 3.8) is 0 Å². The first kappa shape index (κ1) is 17.5. The number of morpholine rings is 1. The lowest BCUT2D eigenvalue weighted by Gasteiger charge is -2.31. The summed E-state index contributed by atoms with van der Waals surface area (Å²) in [6, 6.07) is 7.04. The summed E-state index contributed by atoms with van der Waals surface area (Å²) in [6.45, 7) is 1.13. The smallest absolute Gasteiger partial charge is 0.251 e. The van der Waals surface area contributed by atoms with E-state index in [4.69, 9.17) is 4.74 Å². The maximum atomic E-state index is 12.3. The van der Waals surface area contributed by atoms with Gasteiger partial charge in [0.25, 0.3) is 5.91 Å². The minimum atomic E-state index is -3.25. The Labute approximate surface area is 145 Å². The van der Waals surface area contributed by atoms with E-state index in [1.54, 1.807) is 35.4 Å². The number of ether oxygens (including phenoxy) is 1. The molecule has 1 aliphatic rings. The first-order chi connectivity index (χ1) is 11.9. The maximum Gasteiger partial charge on any atom is 0.251 e. The molecule has 1 fully saturated rings. The molecule has 0 saturated carbocycles. The predicted molar refractivity (Wildman–Crippen MR) is 89.8 cm³/mol. The Morgan fingerprint density at radius 1 is 1.36 bits per heavy atom. The second kappa shape index (κ2) is 7.30. The first-order valence-corrected chi connectivity index (χ1v) is 9.58. The molecule has 25 heavy (non-hydrogen) atoms. The Kier molecular flexibility index (Phi) is 5.11. The highest BCUT2D eigenvalue weighted by atomic mass is 32.2. The number of carbonyl (C=O) groups is 1. The van der Waals surface area contributed by atoms with Crippen LogP contribution in [0.3, 0.4) is 0 Å². The Morgan fingerprint density at radius 2 is 2.12 bits per heavy atom. The highest BCUT2D eigenvalue weighted by Crippen LogP contribution is 2.11. The van der Waals surface area contributed by atoms with Crippen LogP contribution in [0.15, 0.2) is 36.9 Å². The first-order valence-electron chi connectivity index (χ1n) is 7.73. The Balaban J connectivity index is 1.60. The quantitative estimate of drug-likeness (QED) is 0.777. The zero-order chi connectivity index (χ0) is 17.9. The Morgan fingerprint density at radius 3 is 2.84 bits per heavy atom. The van der Waals surface area contributed by atoms with Crippen LogP contribution in [0.2, 0.25) is 0 Å². The van der Waals surface area contributed by atoms with Crippen LogP contribution < -0.4 is 5.32 Å². The molecule has 2 heterocycles. The summed E-state index contributed by atoms with van der Waals surface area (Å²) in [4.78, 5) is 12.3. The normalized spacial score (nSPS) is 18.8. The molecule has 1 saturated heterocycles. The monoisotopic (exact) mass is 365 g/mol. The molecule has 134 valence electrons. The van der Waals surface area contributed by atoms with Gasteiger partial charge < -0.3 is 10.1 Å². The van der Waals surface area contributed by atoms with Gasteiger partial charge in [-0.15, -0.1) is 10.2 Å². The minimum absolute atomic E-state index is 0.236. The van der Waals surface area contributed by atoms with E-state index < -0.39 is 10.0 Å². The molecule has 1 aliphatic heterocycles. The van der Waals surface area contributed by atoms with Crippen LogP contribution in [0.1, 0.15) is 10.4 Å². The number of nitrogens with zero attached hydrogens (tertiary/aromatic N) is 4. The topological polar surface area (TPSA) is 106 Å². The zero-order valence-corrected chi connectivity index (χ0v) is 14.5. The molecule has 0 aliphatic carbocycles. The van der Waals surface area contributed by atoms with E-state index in [2.05, 4.69) is 15.5 Å². The van der Waals surface area contributed by atoms with Gasteiger partial charge in [0.05, 0.1) is 19.0 Å². The molecule has 0 radical (unpaired) electrons. The van der Waals surface area contributed by atoms with E-state index in [1.807, 2.05) is 6.07 Å². The van der Waals surface area contributed by atoms with Crippen molar-refractivity contribution in [3.05, 3.63) is 42.5 Å². The highest BCUT2D eigenvalue weighted by Gasteiger charge is 2.26. The van der Waals surface area contributed by atoms with Crippen molar-refractivity contribution in [2.75, 3.05) is 32.5 Å². The van der Waals surface area contributed by atoms with Gasteiger partial charge in [-0.3, -0.25) is 9.36 Å². The lowest BCUT2D eigenvalue weighted by atomic mass is 10.2. The number of aromatic nitrogens is 3. The predicted octanol–water partition coefficient (Wildman–Crippen LogP) is -0.342. The summed E-state index contributed by atoms with van der Waals surface area (Å²) < 4.78 is 31.8. The number of hydrogen-bond donors (Lipinski definition) is 1. The molecule has 1 atom stereocenters. The third-order valence-corrected chi connectivity index (χ3v) is 5.16. The average Bonchev–Trinajstić information content (AvgIpc) is 3.14. The third-order valence-electron chi connectivity index (χ3n) is 3.89. The number of amides is 1. The Hall–Kier alpha value is -2.30. The van der Waals surface area contributed by atoms with Crippen molar-refractivity contribution in [2.45, 2.75) is 6.10 Å². The zero-order valence-electron chi connectivity index (χ0n) is 13.7. The highest BCUT2D eigenvalue weighted by molar-refractivity contribution is 7.88. The molecule has 0 bridgehead atoms. The maximum absolute atomic E-state index is 12.3. The van der Waals surface area contributed by atoms with Gasteiger partial charge in [0.2, 0.25) is 10.0 Å². The summed E-state index contributed by atoms with van der Waals surface area (Å²) in [5.41, 5.74) is 1.26. The van der Waals surface area contributed by atoms with E-state index in [-0.39, 0.29) is 25.1 Å². The van der Waals surface area contributed by atoms with Gasteiger partial charge in [-0.05, 0) is 18.2 Å². The number of benzene rings is 1. The molecule has 1 unspecified atom stereocenters. The fourth-order valence-corrected chi connectivity index (χ4v) is 3.41. The average molecular weight is 365 g/mol. The summed E-state index contributed by atoms with van der Waals surface area (Å²) >= 11 is 0. The molecule has 1 aromatic carbocycles. The second-order valence-electron chi connectivity index (χ2n) is 5.74. The van der Waals surface area contributed by atoms with E-state index in [0.717, 1.165) is 5.69 Å². The molecule has 9 nitrogen and oxygen atoms in total. The largest absolute Gasteiger partial charge is 0.374 e. The minimum Gasteiger partial charge on any atom is -0.374 e. The molecule has 1 amide bonds. The van der Waals surface area contributed by atoms with Crippen molar-refractivity contribution in [1.29, 1.82) is 0 Å². The number of nitrogens with one attached hydrogen (secondary N) is 1. The van der Waals surface area contributed by atoms with Gasteiger partial charge in [0.15, 0.2) is 0 Å². The molecule has 2 aromatic rings. The van der Waals surface area contributed by atoms with E-state index in [1.165, 1.54) is 10.6 Å². The van der Waals surface area contributed by atoms with Crippen molar-refractivity contribution in [3.8, 4) is 5.69 Å². The van der Waals surface area contributed by atoms with Crippen molar-refractivity contribution in [2.24, 2.45) is 0 Å². The molecule has 1 N–H and O–H groups in total. The lowest BCUT2D eigenvalue weighted by Crippen LogP contribution is -2.49. The molecule has 0 spiro atoms. The van der Waals surface area contributed by atoms with Gasteiger partial charge in [0, 0.05) is 30.9 Å². The van der Waals surface area contributed by atoms with Crippen LogP contribution in [0.4, 0.5) is 0 Å². The third kappa shape index (κ3) is 4.41. The summed E-state index contributed by atoms with van der Waals surface area (Å²) in [7, 11) is -3.25. The molecular weight excluding hydrogens is 346 g/mol. The SMILES string of the molecule is CS(=O)(=O)N1CCOC(CNC(=O)c2cccc(-n3cnnc3)c2)C1. The molecule has 10 heteroatoms. The molecular formula is C15H19N5O4S. The van der Waals surface area contributed by atoms with Gasteiger partial charge in [0.1, 0.15) is 12.7 Å². The summed E-state index contributed by atoms with van der Waals surface area (Å²) in [5, 5.41) is 10.3. The van der Waals surface area contributed by atoms with Gasteiger partial charge in [-0.2, -0.15) is 4.31 Å². The fraction of sp³-hybridized carbons (Fsp3) is 0.400. The van der Waals surface area contributed by atoms with Gasteiger partial charge >= 0.3 is 0 Å². The van der Waals surface area contributed by atoms with Crippen LogP contribution in [0.25, 0.3) is 5.69 Å². The van der Waals surface area contributed by atoms with Gasteiger partial charge in [-0.25, -0.2) is 8.42 Å². The standard InChI is InChI=1S/C15H19N5O4S/c1-25(22,23)20-5-6-24-14(9-20)8-16-15(21)12-3-2-4-13(7-12)19-10-17-18-11-19/h2-4,7,10-11,14H,5-6,8-9H2,1H3,(H,16,21). The number of sulfonamides is 1. The van der Waals surface area contributed by atoms with Crippen LogP contribution in [-0.2, 0) is 14.8 Å². The van der Waals surface area contributed by atoms with Crippen molar-refractivity contribution in [1.82, 2.24) is 24.4 Å². The number of hydrogen-bond acceptors (Lipinski definition) is 6. The number of carbonyl (C=O) groups excluding carboxylic acids is 1. The molecule has 1 aromatic heterocycles. The van der Waals surface area contributed by atoms with Crippen LogP contribution in [0.5, 0.6) is 0 Å². The molecule has 3 rings (SSSR count). The van der Waals surface area contributed by atoms with Crippen molar-refractivity contribution < 1.29 is 17.9 Å². The lowest BCUT2D eigenvalue weighted by molar-refractivity contribution is 0.000438. The van der Waals surface area contributed by atoms with E-state index >= 15 is 0 Å².